The molecule has 31 heavy (non-hydrogen) atoms. The molecule has 5 rings (SSSR count). The number of aromatic nitrogens is 2. The molecule has 0 radical (unpaired) electrons. The van der Waals surface area contributed by atoms with E-state index in [2.05, 4.69) is 57.0 Å². The average Bonchev–Trinajstić information content (AvgIpc) is 3.44. The van der Waals surface area contributed by atoms with Crippen molar-refractivity contribution in [2.24, 2.45) is 0 Å². The van der Waals surface area contributed by atoms with E-state index in [0.717, 1.165) is 55.8 Å². The van der Waals surface area contributed by atoms with E-state index in [1.165, 1.54) is 10.1 Å². The summed E-state index contributed by atoms with van der Waals surface area (Å²) < 4.78 is 19.0. The molecule has 164 valence electrons. The Bertz CT molecular complexity index is 1150. The summed E-state index contributed by atoms with van der Waals surface area (Å²) in [5.41, 5.74) is 1.81. The van der Waals surface area contributed by atoms with Crippen LogP contribution in [0.5, 0.6) is 5.75 Å². The number of rotatable bonds is 6. The van der Waals surface area contributed by atoms with Crippen LogP contribution in [0.1, 0.15) is 18.9 Å². The fourth-order valence-corrected chi connectivity index (χ4v) is 5.37. The van der Waals surface area contributed by atoms with E-state index in [0.29, 0.717) is 11.6 Å². The highest BCUT2D eigenvalue weighted by Gasteiger charge is 2.25. The van der Waals surface area contributed by atoms with Crippen molar-refractivity contribution in [1.82, 2.24) is 14.3 Å². The Labute approximate surface area is 184 Å². The van der Waals surface area contributed by atoms with Crippen LogP contribution in [-0.4, -0.2) is 52.0 Å². The second-order valence-corrected chi connectivity index (χ2v) is 8.71. The summed E-state index contributed by atoms with van der Waals surface area (Å²) in [6.07, 6.45) is 3.75. The van der Waals surface area contributed by atoms with E-state index in [1.807, 2.05) is 18.3 Å². The number of piperazine rings is 1. The minimum atomic E-state index is 0. The molecule has 0 spiro atoms. The summed E-state index contributed by atoms with van der Waals surface area (Å²) >= 11 is 1.58. The number of nitrogens with zero attached hydrogens (tertiary/aromatic N) is 3. The van der Waals surface area contributed by atoms with Gasteiger partial charge in [-0.1, -0.05) is 19.1 Å². The number of aromatic amines is 1. The Morgan fingerprint density at radius 2 is 1.97 bits per heavy atom. The second-order valence-electron chi connectivity index (χ2n) is 7.90. The molecule has 0 saturated carbocycles. The number of benzene rings is 2. The molecule has 4 aromatic rings. The van der Waals surface area contributed by atoms with E-state index < -0.39 is 0 Å². The number of hydrogen-bond donors (Lipinski definition) is 1. The van der Waals surface area contributed by atoms with Crippen LogP contribution in [0.2, 0.25) is 0 Å². The standard InChI is InChI=1S/C23H25FN4OS.H2O/c1-2-18(14-16-13-17-7-8-25-22(17)20(15-16)29-24)27-9-11-28(12-10-27)23-19-5-3-4-6-21(19)30-26-23;/h3-8,13,15,18,25H,2,9-12,14H2,1H3;1H2. The van der Waals surface area contributed by atoms with Gasteiger partial charge in [0.25, 0.3) is 0 Å². The van der Waals surface area contributed by atoms with Gasteiger partial charge in [0, 0.05) is 53.7 Å². The Hall–Kier alpha value is -2.68. The lowest BCUT2D eigenvalue weighted by molar-refractivity contribution is -0.00455. The summed E-state index contributed by atoms with van der Waals surface area (Å²) in [4.78, 5) is 12.1. The first-order valence-corrected chi connectivity index (χ1v) is 11.3. The molecule has 1 fully saturated rings. The Balaban J connectivity index is 0.00000231. The molecule has 3 heterocycles. The monoisotopic (exact) mass is 442 g/mol. The highest BCUT2D eigenvalue weighted by molar-refractivity contribution is 7.13. The summed E-state index contributed by atoms with van der Waals surface area (Å²) in [5.74, 6) is 1.38. The smallest absolute Gasteiger partial charge is 0.196 e. The molecular weight excluding hydrogens is 415 g/mol. The zero-order valence-corrected chi connectivity index (χ0v) is 18.3. The van der Waals surface area contributed by atoms with Crippen LogP contribution in [0, 0.1) is 0 Å². The van der Waals surface area contributed by atoms with Gasteiger partial charge in [-0.15, -0.1) is 0 Å². The molecule has 6 nitrogen and oxygen atoms in total. The van der Waals surface area contributed by atoms with Crippen molar-refractivity contribution in [3.63, 3.8) is 0 Å². The number of fused-ring (bicyclic) bond motifs is 2. The molecule has 1 saturated heterocycles. The summed E-state index contributed by atoms with van der Waals surface area (Å²) in [7, 11) is 0. The van der Waals surface area contributed by atoms with Gasteiger partial charge in [-0.2, -0.15) is 4.37 Å². The van der Waals surface area contributed by atoms with Gasteiger partial charge in [-0.05, 0) is 60.3 Å². The van der Waals surface area contributed by atoms with Crippen LogP contribution >= 0.6 is 11.5 Å². The maximum absolute atomic E-state index is 13.0. The van der Waals surface area contributed by atoms with Crippen LogP contribution in [0.25, 0.3) is 21.0 Å². The third-order valence-electron chi connectivity index (χ3n) is 6.20. The van der Waals surface area contributed by atoms with E-state index in [9.17, 15) is 4.53 Å². The van der Waals surface area contributed by atoms with Crippen molar-refractivity contribution in [3.8, 4) is 5.75 Å². The zero-order chi connectivity index (χ0) is 20.5. The maximum atomic E-state index is 13.0. The van der Waals surface area contributed by atoms with Gasteiger partial charge in [0.2, 0.25) is 0 Å². The van der Waals surface area contributed by atoms with Crippen LogP contribution in [-0.2, 0) is 6.42 Å². The first kappa shape index (κ1) is 21.5. The molecule has 0 bridgehead atoms. The van der Waals surface area contributed by atoms with Gasteiger partial charge in [-0.25, -0.2) is 0 Å². The molecular formula is C23H27FN4O2S. The molecule has 2 aromatic heterocycles. The van der Waals surface area contributed by atoms with Crippen molar-refractivity contribution < 1.29 is 14.9 Å². The van der Waals surface area contributed by atoms with E-state index >= 15 is 0 Å². The predicted molar refractivity (Wildman–Crippen MR) is 125 cm³/mol. The van der Waals surface area contributed by atoms with E-state index in [-0.39, 0.29) is 11.2 Å². The lowest BCUT2D eigenvalue weighted by Crippen LogP contribution is -2.51. The van der Waals surface area contributed by atoms with Gasteiger partial charge >= 0.3 is 0 Å². The SMILES string of the molecule is CCC(Cc1cc(OF)c2[nH]ccc2c1)N1CCN(c2nsc3ccccc23)CC1.O. The Morgan fingerprint density at radius 1 is 1.16 bits per heavy atom. The van der Waals surface area contributed by atoms with E-state index in [1.54, 1.807) is 11.5 Å². The van der Waals surface area contributed by atoms with Crippen molar-refractivity contribution in [2.45, 2.75) is 25.8 Å². The lowest BCUT2D eigenvalue weighted by atomic mass is 10.00. The van der Waals surface area contributed by atoms with Gasteiger partial charge in [0.15, 0.2) is 5.75 Å². The average molecular weight is 443 g/mol. The second kappa shape index (κ2) is 9.21. The molecule has 1 atom stereocenters. The number of nitrogens with one attached hydrogen (secondary N) is 1. The summed E-state index contributed by atoms with van der Waals surface area (Å²) in [6.45, 7) is 6.18. The molecule has 1 unspecified atom stereocenters. The topological polar surface area (TPSA) is 75.9 Å². The first-order valence-electron chi connectivity index (χ1n) is 10.5. The Morgan fingerprint density at radius 3 is 2.74 bits per heavy atom. The fraction of sp³-hybridized carbons (Fsp3) is 0.348. The number of halogens is 1. The largest absolute Gasteiger partial charge is 0.412 e. The molecule has 0 aliphatic carbocycles. The summed E-state index contributed by atoms with van der Waals surface area (Å²) in [6, 6.07) is 14.8. The van der Waals surface area contributed by atoms with Gasteiger partial charge in [0.05, 0.1) is 10.2 Å². The van der Waals surface area contributed by atoms with Gasteiger partial charge < -0.3 is 15.4 Å². The van der Waals surface area contributed by atoms with Gasteiger partial charge in [0.1, 0.15) is 5.82 Å². The minimum absolute atomic E-state index is 0. The fourth-order valence-electron chi connectivity index (χ4n) is 4.58. The predicted octanol–water partition coefficient (Wildman–Crippen LogP) is 4.36. The van der Waals surface area contributed by atoms with E-state index in [4.69, 9.17) is 4.37 Å². The van der Waals surface area contributed by atoms with Crippen LogP contribution in [0.4, 0.5) is 10.3 Å². The van der Waals surface area contributed by atoms with Crippen LogP contribution in [0.15, 0.2) is 48.7 Å². The zero-order valence-electron chi connectivity index (χ0n) is 17.5. The van der Waals surface area contributed by atoms with Gasteiger partial charge in [-0.3, -0.25) is 9.84 Å². The maximum Gasteiger partial charge on any atom is 0.196 e. The molecule has 2 aromatic carbocycles. The highest BCUT2D eigenvalue weighted by atomic mass is 32.1. The molecule has 1 aliphatic heterocycles. The number of anilines is 1. The third kappa shape index (κ3) is 4.11. The quantitative estimate of drug-likeness (QED) is 0.481. The highest BCUT2D eigenvalue weighted by Crippen LogP contribution is 2.31. The normalized spacial score (nSPS) is 15.9. The van der Waals surface area contributed by atoms with Crippen LogP contribution in [0.3, 0.4) is 0 Å². The molecule has 1 aliphatic rings. The summed E-state index contributed by atoms with van der Waals surface area (Å²) in [5, 5.41) is 2.23. The molecule has 8 heteroatoms. The number of H-pyrrole nitrogens is 1. The number of hydrogen-bond acceptors (Lipinski definition) is 5. The molecule has 0 amide bonds. The minimum Gasteiger partial charge on any atom is -0.412 e. The van der Waals surface area contributed by atoms with Crippen molar-refractivity contribution in [3.05, 3.63) is 54.2 Å². The Kier molecular flexibility index (Phi) is 6.41. The molecule has 3 N–H and O–H groups in total. The first-order chi connectivity index (χ1) is 14.8. The van der Waals surface area contributed by atoms with Crippen LogP contribution < -0.4 is 9.84 Å². The van der Waals surface area contributed by atoms with Crippen molar-refractivity contribution in [1.29, 1.82) is 0 Å². The van der Waals surface area contributed by atoms with Crippen molar-refractivity contribution in [2.75, 3.05) is 31.1 Å². The van der Waals surface area contributed by atoms with Crippen molar-refractivity contribution >= 4 is 38.3 Å². The third-order valence-corrected chi connectivity index (χ3v) is 7.01. The lowest BCUT2D eigenvalue weighted by Gasteiger charge is -2.39.